The first-order valence-electron chi connectivity index (χ1n) is 9.31. The number of anilines is 1. The molecule has 29 heavy (non-hydrogen) atoms. The average Bonchev–Trinajstić information content (AvgIpc) is 3.31. The molecule has 1 aliphatic rings. The summed E-state index contributed by atoms with van der Waals surface area (Å²) >= 11 is 1.31. The largest absolute Gasteiger partial charge is 0.488 e. The van der Waals surface area contributed by atoms with Crippen LogP contribution in [0.2, 0.25) is 0 Å². The minimum Gasteiger partial charge on any atom is -0.488 e. The normalized spacial score (nSPS) is 16.8. The number of carbonyl (C=O) groups excluding carboxylic acids is 1. The molecule has 0 saturated carbocycles. The van der Waals surface area contributed by atoms with Gasteiger partial charge in [0, 0.05) is 25.0 Å². The number of aromatic nitrogens is 1. The van der Waals surface area contributed by atoms with Crippen LogP contribution in [0.15, 0.2) is 29.6 Å². The molecule has 2 N–H and O–H groups in total. The maximum atomic E-state index is 13.1. The molecule has 2 aromatic rings. The van der Waals surface area contributed by atoms with Crippen LogP contribution >= 0.6 is 11.3 Å². The highest BCUT2D eigenvalue weighted by Gasteiger charge is 2.36. The van der Waals surface area contributed by atoms with Gasteiger partial charge in [0.05, 0.1) is 17.8 Å². The summed E-state index contributed by atoms with van der Waals surface area (Å²) in [5, 5.41) is 13.9. The van der Waals surface area contributed by atoms with E-state index >= 15 is 0 Å². The lowest BCUT2D eigenvalue weighted by Gasteiger charge is -2.19. The number of ether oxygens (including phenoxy) is 1. The highest BCUT2D eigenvalue weighted by molar-refractivity contribution is 7.13. The number of para-hydroxylation sites is 1. The molecule has 1 saturated heterocycles. The molecular formula is C19H22F3N3O3S. The van der Waals surface area contributed by atoms with Crippen LogP contribution in [0.4, 0.5) is 23.1 Å². The van der Waals surface area contributed by atoms with E-state index < -0.39 is 17.8 Å². The summed E-state index contributed by atoms with van der Waals surface area (Å²) in [4.78, 5) is 18.3. The monoisotopic (exact) mass is 429 g/mol. The Kier molecular flexibility index (Phi) is 6.96. The maximum absolute atomic E-state index is 13.1. The van der Waals surface area contributed by atoms with Gasteiger partial charge in [-0.1, -0.05) is 12.1 Å². The van der Waals surface area contributed by atoms with Crippen molar-refractivity contribution in [2.75, 3.05) is 25.0 Å². The third kappa shape index (κ3) is 5.83. The zero-order chi connectivity index (χ0) is 20.9. The van der Waals surface area contributed by atoms with Gasteiger partial charge in [0.15, 0.2) is 5.13 Å². The van der Waals surface area contributed by atoms with Gasteiger partial charge in [0.2, 0.25) is 0 Å². The third-order valence-corrected chi connectivity index (χ3v) is 5.33. The quantitative estimate of drug-likeness (QED) is 0.648. The lowest BCUT2D eigenvalue weighted by Crippen LogP contribution is -2.34. The SMILES string of the molecule is O=C(Nc1nc(CCCCO)cs1)N1CC[C@H](Oc2ccccc2C(F)(F)F)C1. The molecule has 2 amide bonds. The fraction of sp³-hybridized carbons (Fsp3) is 0.474. The number of halogens is 3. The predicted molar refractivity (Wildman–Crippen MR) is 103 cm³/mol. The number of unbranched alkanes of at least 4 members (excludes halogenated alkanes) is 1. The Labute approximate surface area is 170 Å². The molecule has 0 aliphatic carbocycles. The van der Waals surface area contributed by atoms with Crippen LogP contribution in [0.5, 0.6) is 5.75 Å². The van der Waals surface area contributed by atoms with Crippen molar-refractivity contribution in [3.8, 4) is 5.75 Å². The van der Waals surface area contributed by atoms with Gasteiger partial charge in [-0.3, -0.25) is 5.32 Å². The lowest BCUT2D eigenvalue weighted by molar-refractivity contribution is -0.139. The Hall–Kier alpha value is -2.33. The summed E-state index contributed by atoms with van der Waals surface area (Å²) in [5.74, 6) is -0.222. The van der Waals surface area contributed by atoms with Gasteiger partial charge in [-0.2, -0.15) is 13.2 Å². The Balaban J connectivity index is 1.53. The van der Waals surface area contributed by atoms with Gasteiger partial charge < -0.3 is 14.7 Å². The number of aliphatic hydroxyl groups excluding tert-OH is 1. The second-order valence-electron chi connectivity index (χ2n) is 6.72. The van der Waals surface area contributed by atoms with E-state index in [-0.39, 0.29) is 24.9 Å². The van der Waals surface area contributed by atoms with Crippen LogP contribution in [0.3, 0.4) is 0 Å². The van der Waals surface area contributed by atoms with Crippen molar-refractivity contribution in [2.45, 2.75) is 38.0 Å². The number of hydrogen-bond acceptors (Lipinski definition) is 5. The highest BCUT2D eigenvalue weighted by atomic mass is 32.1. The van der Waals surface area contributed by atoms with E-state index in [2.05, 4.69) is 10.3 Å². The number of rotatable bonds is 7. The second kappa shape index (κ2) is 9.45. The number of benzene rings is 1. The van der Waals surface area contributed by atoms with Crippen LogP contribution in [0.1, 0.15) is 30.5 Å². The molecule has 0 spiro atoms. The van der Waals surface area contributed by atoms with Crippen LogP contribution in [-0.4, -0.2) is 46.8 Å². The number of carbonyl (C=O) groups is 1. The molecule has 0 bridgehead atoms. The number of hydrogen-bond donors (Lipinski definition) is 2. The van der Waals surface area contributed by atoms with Gasteiger partial charge in [0.1, 0.15) is 11.9 Å². The van der Waals surface area contributed by atoms with Crippen molar-refractivity contribution in [1.29, 1.82) is 0 Å². The zero-order valence-corrected chi connectivity index (χ0v) is 16.4. The first-order valence-corrected chi connectivity index (χ1v) is 10.2. The van der Waals surface area contributed by atoms with Crippen LogP contribution in [-0.2, 0) is 12.6 Å². The standard InChI is InChI=1S/C19H22F3N3O3S/c20-19(21,22)15-6-1-2-7-16(15)28-14-8-9-25(11-14)18(27)24-17-23-13(12-29-17)5-3-4-10-26/h1-2,6-7,12,14,26H,3-5,8-11H2,(H,23,24,27)/t14-/m0/s1. The Morgan fingerprint density at radius 2 is 2.14 bits per heavy atom. The lowest BCUT2D eigenvalue weighted by atomic mass is 10.2. The molecule has 158 valence electrons. The zero-order valence-electron chi connectivity index (χ0n) is 15.6. The summed E-state index contributed by atoms with van der Waals surface area (Å²) in [6.45, 7) is 0.728. The first-order chi connectivity index (χ1) is 13.9. The van der Waals surface area contributed by atoms with E-state index in [4.69, 9.17) is 9.84 Å². The van der Waals surface area contributed by atoms with Crippen molar-refractivity contribution < 1.29 is 27.8 Å². The fourth-order valence-electron chi connectivity index (χ4n) is 3.06. The van der Waals surface area contributed by atoms with Crippen molar-refractivity contribution >= 4 is 22.5 Å². The van der Waals surface area contributed by atoms with Crippen molar-refractivity contribution in [3.63, 3.8) is 0 Å². The first kappa shape index (κ1) is 21.4. The van der Waals surface area contributed by atoms with E-state index in [0.29, 0.717) is 24.5 Å². The fourth-order valence-corrected chi connectivity index (χ4v) is 3.79. The third-order valence-electron chi connectivity index (χ3n) is 4.52. The molecule has 2 heterocycles. The summed E-state index contributed by atoms with van der Waals surface area (Å²) in [6, 6.07) is 4.73. The molecule has 1 aromatic heterocycles. The van der Waals surface area contributed by atoms with E-state index in [1.807, 2.05) is 5.38 Å². The van der Waals surface area contributed by atoms with Gasteiger partial charge in [-0.05, 0) is 31.4 Å². The van der Waals surface area contributed by atoms with Gasteiger partial charge in [-0.25, -0.2) is 9.78 Å². The number of thiazole rings is 1. The number of aryl methyl sites for hydroxylation is 1. The van der Waals surface area contributed by atoms with Crippen molar-refractivity contribution in [3.05, 3.63) is 40.9 Å². The molecule has 1 aromatic carbocycles. The molecule has 10 heteroatoms. The Morgan fingerprint density at radius 3 is 2.90 bits per heavy atom. The van der Waals surface area contributed by atoms with Gasteiger partial charge >= 0.3 is 12.2 Å². The van der Waals surface area contributed by atoms with Crippen molar-refractivity contribution in [1.82, 2.24) is 9.88 Å². The number of nitrogens with zero attached hydrogens (tertiary/aromatic N) is 2. The predicted octanol–water partition coefficient (Wildman–Crippen LogP) is 4.16. The van der Waals surface area contributed by atoms with Crippen LogP contribution in [0.25, 0.3) is 0 Å². The number of urea groups is 1. The van der Waals surface area contributed by atoms with Crippen LogP contribution in [0, 0.1) is 0 Å². The second-order valence-corrected chi connectivity index (χ2v) is 7.58. The molecule has 0 radical (unpaired) electrons. The number of likely N-dealkylation sites (tertiary alicyclic amines) is 1. The number of amides is 2. The number of aliphatic hydroxyl groups is 1. The highest BCUT2D eigenvalue weighted by Crippen LogP contribution is 2.36. The Morgan fingerprint density at radius 1 is 1.34 bits per heavy atom. The van der Waals surface area contributed by atoms with E-state index in [9.17, 15) is 18.0 Å². The molecule has 6 nitrogen and oxygen atoms in total. The van der Waals surface area contributed by atoms with Crippen LogP contribution < -0.4 is 10.1 Å². The van der Waals surface area contributed by atoms with E-state index in [0.717, 1.165) is 24.6 Å². The molecule has 1 aliphatic heterocycles. The van der Waals surface area contributed by atoms with Gasteiger partial charge in [0.25, 0.3) is 0 Å². The van der Waals surface area contributed by atoms with E-state index in [1.165, 1.54) is 34.4 Å². The van der Waals surface area contributed by atoms with E-state index in [1.54, 1.807) is 0 Å². The summed E-state index contributed by atoms with van der Waals surface area (Å²) in [5.41, 5.74) is 0.0320. The van der Waals surface area contributed by atoms with Crippen molar-refractivity contribution in [2.24, 2.45) is 0 Å². The topological polar surface area (TPSA) is 74.7 Å². The molecular weight excluding hydrogens is 407 g/mol. The molecule has 1 atom stereocenters. The maximum Gasteiger partial charge on any atom is 0.419 e. The number of nitrogens with one attached hydrogen (secondary N) is 1. The molecule has 3 rings (SSSR count). The number of alkyl halides is 3. The summed E-state index contributed by atoms with van der Waals surface area (Å²) in [7, 11) is 0. The molecule has 0 unspecified atom stereocenters. The molecule has 1 fully saturated rings. The average molecular weight is 429 g/mol. The minimum atomic E-state index is -4.49. The Bertz CT molecular complexity index is 828. The smallest absolute Gasteiger partial charge is 0.419 e. The summed E-state index contributed by atoms with van der Waals surface area (Å²) < 4.78 is 44.8. The minimum absolute atomic E-state index is 0.138. The summed E-state index contributed by atoms with van der Waals surface area (Å²) in [6.07, 6.45) is -2.31. The van der Waals surface area contributed by atoms with Gasteiger partial charge in [-0.15, -0.1) is 11.3 Å².